The molecule has 4 nitrogen and oxygen atoms in total. The number of hydrogen-bond acceptors (Lipinski definition) is 3. The highest BCUT2D eigenvalue weighted by Crippen LogP contribution is 2.22. The average Bonchev–Trinajstić information content (AvgIpc) is 2.90. The van der Waals surface area contributed by atoms with Gasteiger partial charge in [-0.3, -0.25) is 0 Å². The summed E-state index contributed by atoms with van der Waals surface area (Å²) in [5, 5.41) is 9.57. The highest BCUT2D eigenvalue weighted by molar-refractivity contribution is 6.31. The van der Waals surface area contributed by atoms with Gasteiger partial charge in [0, 0.05) is 11.1 Å². The average molecular weight is 300 g/mol. The molecule has 0 radical (unpaired) electrons. The zero-order valence-electron chi connectivity index (χ0n) is 11.6. The second-order valence-corrected chi connectivity index (χ2v) is 5.09. The van der Waals surface area contributed by atoms with E-state index in [9.17, 15) is 0 Å². The summed E-state index contributed by atoms with van der Waals surface area (Å²) in [5.74, 6) is 0.767. The molecular formula is C16H14ClN3O. The Hall–Kier alpha value is -2.33. The number of allylic oxidation sites excluding steroid dienone is 1. The lowest BCUT2D eigenvalue weighted by Crippen LogP contribution is -2.00. The first-order valence-corrected chi connectivity index (χ1v) is 6.89. The van der Waals surface area contributed by atoms with Crippen LogP contribution in [0.1, 0.15) is 5.56 Å². The van der Waals surface area contributed by atoms with Crippen molar-refractivity contribution < 1.29 is 4.74 Å². The quantitative estimate of drug-likeness (QED) is 0.688. The minimum atomic E-state index is 0.646. The molecule has 0 unspecified atom stereocenters. The molecule has 0 bridgehead atoms. The van der Waals surface area contributed by atoms with Crippen molar-refractivity contribution in [3.8, 4) is 11.4 Å². The minimum absolute atomic E-state index is 0.646. The molecule has 106 valence electrons. The normalized spacial score (nSPS) is 10.8. The number of aromatic nitrogens is 3. The molecule has 3 rings (SSSR count). The van der Waals surface area contributed by atoms with Crippen molar-refractivity contribution in [2.75, 3.05) is 7.11 Å². The van der Waals surface area contributed by atoms with Gasteiger partial charge in [-0.15, -0.1) is 16.8 Å². The molecule has 2 aromatic carbocycles. The Morgan fingerprint density at radius 2 is 2.00 bits per heavy atom. The van der Waals surface area contributed by atoms with Gasteiger partial charge in [-0.2, -0.15) is 4.80 Å². The molecule has 0 spiro atoms. The lowest BCUT2D eigenvalue weighted by molar-refractivity contribution is 0.414. The first-order valence-electron chi connectivity index (χ1n) is 6.51. The fraction of sp³-hybridized carbons (Fsp3) is 0.125. The molecule has 21 heavy (non-hydrogen) atoms. The van der Waals surface area contributed by atoms with E-state index in [-0.39, 0.29) is 0 Å². The fourth-order valence-corrected chi connectivity index (χ4v) is 2.33. The number of hydrogen-bond donors (Lipinski definition) is 0. The van der Waals surface area contributed by atoms with Crippen molar-refractivity contribution in [1.29, 1.82) is 0 Å². The number of methoxy groups -OCH3 is 1. The topological polar surface area (TPSA) is 39.9 Å². The zero-order valence-corrected chi connectivity index (χ0v) is 12.3. The van der Waals surface area contributed by atoms with Crippen LogP contribution in [0.3, 0.4) is 0 Å². The Balaban J connectivity index is 2.12. The molecule has 5 heteroatoms. The summed E-state index contributed by atoms with van der Waals surface area (Å²) >= 11 is 5.98. The highest BCUT2D eigenvalue weighted by Gasteiger charge is 2.08. The smallest absolute Gasteiger partial charge is 0.121 e. The zero-order chi connectivity index (χ0) is 14.8. The molecule has 0 aliphatic carbocycles. The van der Waals surface area contributed by atoms with Gasteiger partial charge in [0.1, 0.15) is 16.8 Å². The lowest BCUT2D eigenvalue weighted by atomic mass is 10.1. The van der Waals surface area contributed by atoms with Crippen LogP contribution in [0.4, 0.5) is 0 Å². The summed E-state index contributed by atoms with van der Waals surface area (Å²) in [4.78, 5) is 1.59. The molecule has 0 saturated heterocycles. The molecule has 0 N–H and O–H groups in total. The number of nitrogens with zero attached hydrogens (tertiary/aromatic N) is 3. The van der Waals surface area contributed by atoms with Crippen LogP contribution in [0.5, 0.6) is 5.75 Å². The summed E-state index contributed by atoms with van der Waals surface area (Å²) in [6, 6.07) is 11.3. The summed E-state index contributed by atoms with van der Waals surface area (Å²) in [7, 11) is 1.64. The first-order chi connectivity index (χ1) is 10.2. The van der Waals surface area contributed by atoms with Crippen LogP contribution in [0, 0.1) is 0 Å². The maximum Gasteiger partial charge on any atom is 0.121 e. The van der Waals surface area contributed by atoms with Crippen LogP contribution in [0.25, 0.3) is 16.7 Å². The summed E-state index contributed by atoms with van der Waals surface area (Å²) in [6.45, 7) is 3.76. The molecular weight excluding hydrogens is 286 g/mol. The van der Waals surface area contributed by atoms with Gasteiger partial charge in [0.2, 0.25) is 0 Å². The number of benzene rings is 2. The number of rotatable bonds is 4. The predicted molar refractivity (Wildman–Crippen MR) is 84.3 cm³/mol. The molecule has 1 aromatic heterocycles. The minimum Gasteiger partial charge on any atom is -0.497 e. The van der Waals surface area contributed by atoms with Crippen LogP contribution >= 0.6 is 11.6 Å². The van der Waals surface area contributed by atoms with Crippen LogP contribution in [-0.4, -0.2) is 22.1 Å². The molecule has 0 fully saturated rings. The van der Waals surface area contributed by atoms with Gasteiger partial charge in [0.25, 0.3) is 0 Å². The third-order valence-corrected chi connectivity index (χ3v) is 3.38. The second kappa shape index (κ2) is 5.58. The van der Waals surface area contributed by atoms with E-state index in [1.807, 2.05) is 30.3 Å². The fourth-order valence-electron chi connectivity index (χ4n) is 2.16. The van der Waals surface area contributed by atoms with Gasteiger partial charge >= 0.3 is 0 Å². The van der Waals surface area contributed by atoms with Gasteiger partial charge in [-0.05, 0) is 42.3 Å². The second-order valence-electron chi connectivity index (χ2n) is 4.65. The van der Waals surface area contributed by atoms with E-state index in [4.69, 9.17) is 16.3 Å². The SMILES string of the molecule is C=CCc1cc(OC)cc(-n2nc3ccc(Cl)cc3n2)c1. The Morgan fingerprint density at radius 1 is 1.19 bits per heavy atom. The Labute approximate surface area is 127 Å². The molecule has 0 aliphatic rings. The van der Waals surface area contributed by atoms with Gasteiger partial charge in [-0.25, -0.2) is 0 Å². The maximum absolute atomic E-state index is 5.98. The van der Waals surface area contributed by atoms with Crippen molar-refractivity contribution in [2.45, 2.75) is 6.42 Å². The van der Waals surface area contributed by atoms with Gasteiger partial charge < -0.3 is 4.74 Å². The molecule has 0 amide bonds. The highest BCUT2D eigenvalue weighted by atomic mass is 35.5. The molecule has 1 heterocycles. The molecule has 3 aromatic rings. The van der Waals surface area contributed by atoms with E-state index >= 15 is 0 Å². The van der Waals surface area contributed by atoms with Crippen LogP contribution in [0.2, 0.25) is 5.02 Å². The number of ether oxygens (including phenoxy) is 1. The van der Waals surface area contributed by atoms with Gasteiger partial charge in [-0.1, -0.05) is 17.7 Å². The van der Waals surface area contributed by atoms with E-state index in [1.165, 1.54) is 0 Å². The van der Waals surface area contributed by atoms with Crippen LogP contribution < -0.4 is 4.74 Å². The molecule has 0 atom stereocenters. The maximum atomic E-state index is 5.98. The van der Waals surface area contributed by atoms with E-state index in [2.05, 4.69) is 16.8 Å². The van der Waals surface area contributed by atoms with Crippen molar-refractivity contribution in [1.82, 2.24) is 15.0 Å². The Morgan fingerprint density at radius 3 is 2.76 bits per heavy atom. The summed E-state index contributed by atoms with van der Waals surface area (Å²) in [5.41, 5.74) is 3.50. The predicted octanol–water partition coefficient (Wildman–Crippen LogP) is 3.81. The van der Waals surface area contributed by atoms with Crippen molar-refractivity contribution >= 4 is 22.6 Å². The van der Waals surface area contributed by atoms with Crippen LogP contribution in [-0.2, 0) is 6.42 Å². The standard InChI is InChI=1S/C16H14ClN3O/c1-3-4-11-7-13(10-14(8-11)21-2)20-18-15-6-5-12(17)9-16(15)19-20/h3,5-10H,1,4H2,2H3. The molecule has 0 aliphatic heterocycles. The monoisotopic (exact) mass is 299 g/mol. The molecule has 0 saturated carbocycles. The summed E-state index contributed by atoms with van der Waals surface area (Å²) in [6.07, 6.45) is 2.61. The number of halogens is 1. The summed E-state index contributed by atoms with van der Waals surface area (Å²) < 4.78 is 5.33. The third-order valence-electron chi connectivity index (χ3n) is 3.14. The van der Waals surface area contributed by atoms with Crippen molar-refractivity contribution in [3.63, 3.8) is 0 Å². The Kier molecular flexibility index (Phi) is 3.62. The lowest BCUT2D eigenvalue weighted by Gasteiger charge is -2.07. The Bertz CT molecular complexity index is 810. The van der Waals surface area contributed by atoms with E-state index < -0.39 is 0 Å². The largest absolute Gasteiger partial charge is 0.497 e. The van der Waals surface area contributed by atoms with Crippen LogP contribution in [0.15, 0.2) is 49.1 Å². The van der Waals surface area contributed by atoms with Gasteiger partial charge in [0.05, 0.1) is 12.8 Å². The first kappa shape index (κ1) is 13.6. The number of fused-ring (bicyclic) bond motifs is 1. The van der Waals surface area contributed by atoms with Crippen molar-refractivity contribution in [3.05, 3.63) is 59.6 Å². The van der Waals surface area contributed by atoms with E-state index in [1.54, 1.807) is 24.0 Å². The third kappa shape index (κ3) is 2.76. The van der Waals surface area contributed by atoms with E-state index in [0.29, 0.717) is 5.02 Å². The van der Waals surface area contributed by atoms with E-state index in [0.717, 1.165) is 34.5 Å². The van der Waals surface area contributed by atoms with Crippen molar-refractivity contribution in [2.24, 2.45) is 0 Å². The van der Waals surface area contributed by atoms with Gasteiger partial charge in [0.15, 0.2) is 0 Å².